The van der Waals surface area contributed by atoms with Crippen molar-refractivity contribution < 1.29 is 4.79 Å². The van der Waals surface area contributed by atoms with Gasteiger partial charge >= 0.3 is 0 Å². The molecule has 0 aromatic carbocycles. The number of nitrogens with one attached hydrogen (secondary N) is 1. The summed E-state index contributed by atoms with van der Waals surface area (Å²) in [7, 11) is 0. The molecule has 0 unspecified atom stereocenters. The first kappa shape index (κ1) is 16.2. The number of carbonyl (C=O) groups excluding carboxylic acids is 1. The molecule has 0 atom stereocenters. The van der Waals surface area contributed by atoms with E-state index in [0.717, 1.165) is 37.0 Å². The number of aromatic nitrogens is 3. The van der Waals surface area contributed by atoms with E-state index < -0.39 is 0 Å². The minimum Gasteiger partial charge on any atom is -0.353 e. The highest BCUT2D eigenvalue weighted by atomic mass is 32.2. The molecule has 1 saturated heterocycles. The average Bonchev–Trinajstić information content (AvgIpc) is 3.15. The van der Waals surface area contributed by atoms with E-state index in [1.807, 2.05) is 0 Å². The van der Waals surface area contributed by atoms with Gasteiger partial charge in [-0.1, -0.05) is 24.6 Å². The van der Waals surface area contributed by atoms with Gasteiger partial charge < -0.3 is 10.2 Å². The number of nitrogens with zero attached hydrogens (tertiary/aromatic N) is 4. The van der Waals surface area contributed by atoms with Gasteiger partial charge in [-0.05, 0) is 44.9 Å². The van der Waals surface area contributed by atoms with Crippen LogP contribution in [0.5, 0.6) is 0 Å². The Hall–Kier alpha value is -1.24. The van der Waals surface area contributed by atoms with Crippen LogP contribution in [0.1, 0.15) is 63.8 Å². The molecule has 1 amide bonds. The number of hydrogen-bond acceptors (Lipinski definition) is 5. The topological polar surface area (TPSA) is 63.1 Å². The van der Waals surface area contributed by atoms with E-state index in [9.17, 15) is 4.79 Å². The van der Waals surface area contributed by atoms with Crippen LogP contribution in [0.2, 0.25) is 0 Å². The molecule has 0 spiro atoms. The molecule has 2 saturated carbocycles. The fourth-order valence-corrected chi connectivity index (χ4v) is 4.61. The normalized spacial score (nSPS) is 22.1. The first-order valence-corrected chi connectivity index (χ1v) is 10.4. The Morgan fingerprint density at radius 2 is 1.79 bits per heavy atom. The summed E-state index contributed by atoms with van der Waals surface area (Å²) in [5.74, 6) is 1.61. The van der Waals surface area contributed by atoms with Crippen LogP contribution in [0.25, 0.3) is 0 Å². The second kappa shape index (κ2) is 7.33. The maximum atomic E-state index is 12.2. The summed E-state index contributed by atoms with van der Waals surface area (Å²) in [5, 5.41) is 13.0. The molecule has 3 aliphatic rings. The van der Waals surface area contributed by atoms with Crippen LogP contribution in [-0.4, -0.2) is 45.6 Å². The van der Waals surface area contributed by atoms with Gasteiger partial charge in [0, 0.05) is 25.2 Å². The van der Waals surface area contributed by atoms with E-state index in [2.05, 4.69) is 25.0 Å². The van der Waals surface area contributed by atoms with Gasteiger partial charge in [-0.15, -0.1) is 10.2 Å². The van der Waals surface area contributed by atoms with Crippen molar-refractivity contribution in [3.63, 3.8) is 0 Å². The van der Waals surface area contributed by atoms with Crippen molar-refractivity contribution in [1.82, 2.24) is 20.1 Å². The fourth-order valence-electron chi connectivity index (χ4n) is 3.80. The summed E-state index contributed by atoms with van der Waals surface area (Å²) in [6.45, 7) is 2.16. The molecule has 0 bridgehead atoms. The van der Waals surface area contributed by atoms with Gasteiger partial charge in [-0.3, -0.25) is 9.36 Å². The van der Waals surface area contributed by atoms with Crippen molar-refractivity contribution >= 4 is 23.6 Å². The molecule has 6 nitrogen and oxygen atoms in total. The third-order valence-electron chi connectivity index (χ3n) is 5.25. The van der Waals surface area contributed by atoms with Gasteiger partial charge in [0.25, 0.3) is 0 Å². The van der Waals surface area contributed by atoms with E-state index in [4.69, 9.17) is 0 Å². The van der Waals surface area contributed by atoms with Crippen molar-refractivity contribution in [1.29, 1.82) is 0 Å². The Labute approximate surface area is 147 Å². The van der Waals surface area contributed by atoms with E-state index in [1.54, 1.807) is 11.8 Å². The van der Waals surface area contributed by atoms with Gasteiger partial charge in [0.05, 0.1) is 5.75 Å². The van der Waals surface area contributed by atoms with Crippen LogP contribution < -0.4 is 10.2 Å². The molecule has 4 rings (SSSR count). The molecule has 1 aromatic heterocycles. The smallest absolute Gasteiger partial charge is 0.230 e. The van der Waals surface area contributed by atoms with Gasteiger partial charge in [0.1, 0.15) is 0 Å². The zero-order valence-electron chi connectivity index (χ0n) is 14.2. The molecule has 2 heterocycles. The van der Waals surface area contributed by atoms with Crippen molar-refractivity contribution in [2.45, 2.75) is 75.0 Å². The number of amides is 1. The van der Waals surface area contributed by atoms with E-state index in [0.29, 0.717) is 17.8 Å². The predicted octanol–water partition coefficient (Wildman–Crippen LogP) is 2.75. The Morgan fingerprint density at radius 1 is 1.04 bits per heavy atom. The summed E-state index contributed by atoms with van der Waals surface area (Å²) >= 11 is 1.54. The van der Waals surface area contributed by atoms with Crippen molar-refractivity contribution in [3.8, 4) is 0 Å². The molecule has 24 heavy (non-hydrogen) atoms. The van der Waals surface area contributed by atoms with Crippen molar-refractivity contribution in [2.24, 2.45) is 0 Å². The van der Waals surface area contributed by atoms with Crippen molar-refractivity contribution in [2.75, 3.05) is 23.7 Å². The van der Waals surface area contributed by atoms with E-state index in [-0.39, 0.29) is 5.91 Å². The van der Waals surface area contributed by atoms with Gasteiger partial charge in [0.15, 0.2) is 5.16 Å². The third kappa shape index (κ3) is 3.71. The predicted molar refractivity (Wildman–Crippen MR) is 95.5 cm³/mol. The second-order valence-electron chi connectivity index (χ2n) is 7.27. The monoisotopic (exact) mass is 349 g/mol. The largest absolute Gasteiger partial charge is 0.353 e. The van der Waals surface area contributed by atoms with Crippen LogP contribution in [0.4, 0.5) is 5.95 Å². The van der Waals surface area contributed by atoms with Crippen LogP contribution in [0.3, 0.4) is 0 Å². The third-order valence-corrected chi connectivity index (χ3v) is 6.19. The fraction of sp³-hybridized carbons (Fsp3) is 0.824. The summed E-state index contributed by atoms with van der Waals surface area (Å²) < 4.78 is 2.29. The lowest BCUT2D eigenvalue weighted by molar-refractivity contribution is -0.119. The Kier molecular flexibility index (Phi) is 4.96. The Balaban J connectivity index is 1.39. The molecular formula is C17H27N5OS. The number of thioether (sulfide) groups is 1. The minimum atomic E-state index is 0.136. The highest BCUT2D eigenvalue weighted by molar-refractivity contribution is 7.99. The average molecular weight is 350 g/mol. The number of rotatable bonds is 6. The van der Waals surface area contributed by atoms with Gasteiger partial charge in [-0.25, -0.2) is 0 Å². The maximum absolute atomic E-state index is 12.2. The van der Waals surface area contributed by atoms with Crippen LogP contribution >= 0.6 is 11.8 Å². The maximum Gasteiger partial charge on any atom is 0.230 e. The molecule has 1 aromatic rings. The molecule has 3 fully saturated rings. The molecular weight excluding hydrogens is 322 g/mol. The zero-order valence-corrected chi connectivity index (χ0v) is 15.1. The molecule has 132 valence electrons. The SMILES string of the molecule is O=C(CSc1nnc(N2CCCCC2)n1C1CC1)NC1CCCC1. The number of piperidine rings is 1. The van der Waals surface area contributed by atoms with Gasteiger partial charge in [-0.2, -0.15) is 0 Å². The lowest BCUT2D eigenvalue weighted by Crippen LogP contribution is -2.34. The number of carbonyl (C=O) groups is 1. The highest BCUT2D eigenvalue weighted by Crippen LogP contribution is 2.41. The molecule has 0 radical (unpaired) electrons. The second-order valence-corrected chi connectivity index (χ2v) is 8.21. The van der Waals surface area contributed by atoms with E-state index in [1.165, 1.54) is 44.9 Å². The quantitative estimate of drug-likeness (QED) is 0.800. The van der Waals surface area contributed by atoms with Crippen LogP contribution in [0.15, 0.2) is 5.16 Å². The van der Waals surface area contributed by atoms with Crippen molar-refractivity contribution in [3.05, 3.63) is 0 Å². The van der Waals surface area contributed by atoms with Gasteiger partial charge in [0.2, 0.25) is 11.9 Å². The number of hydrogen-bond donors (Lipinski definition) is 1. The molecule has 1 N–H and O–H groups in total. The number of anilines is 1. The zero-order chi connectivity index (χ0) is 16.4. The lowest BCUT2D eigenvalue weighted by atomic mass is 10.1. The Bertz CT molecular complexity index is 574. The van der Waals surface area contributed by atoms with Crippen LogP contribution in [0, 0.1) is 0 Å². The Morgan fingerprint density at radius 3 is 2.50 bits per heavy atom. The standard InChI is InChI=1S/C17H27N5OS/c23-15(18-13-6-2-3-7-13)12-24-17-20-19-16(22(17)14-8-9-14)21-10-4-1-5-11-21/h13-14H,1-12H2,(H,18,23). The summed E-state index contributed by atoms with van der Waals surface area (Å²) in [6, 6.07) is 0.931. The van der Waals surface area contributed by atoms with Crippen LogP contribution in [-0.2, 0) is 4.79 Å². The first-order chi connectivity index (χ1) is 11.8. The van der Waals surface area contributed by atoms with E-state index >= 15 is 0 Å². The molecule has 7 heteroatoms. The molecule has 1 aliphatic heterocycles. The molecule has 2 aliphatic carbocycles. The summed E-state index contributed by atoms with van der Waals surface area (Å²) in [6.07, 6.45) is 11.0. The minimum absolute atomic E-state index is 0.136. The summed E-state index contributed by atoms with van der Waals surface area (Å²) in [4.78, 5) is 14.6. The first-order valence-electron chi connectivity index (χ1n) is 9.43. The lowest BCUT2D eigenvalue weighted by Gasteiger charge is -2.27. The summed E-state index contributed by atoms with van der Waals surface area (Å²) in [5.41, 5.74) is 0. The highest BCUT2D eigenvalue weighted by Gasteiger charge is 2.32.